The number of hydrogen-bond acceptors (Lipinski definition) is 4. The monoisotopic (exact) mass is 345 g/mol. The molecular formula is C18H20ClN3O2. The number of nitrogens with zero attached hydrogens (tertiary/aromatic N) is 1. The molecular weight excluding hydrogens is 326 g/mol. The van der Waals surface area contributed by atoms with Gasteiger partial charge in [0, 0.05) is 35.5 Å². The largest absolute Gasteiger partial charge is 0.456 e. The van der Waals surface area contributed by atoms with Crippen LogP contribution in [0.5, 0.6) is 11.5 Å². The van der Waals surface area contributed by atoms with Crippen LogP contribution in [0.2, 0.25) is 5.02 Å². The van der Waals surface area contributed by atoms with Crippen molar-refractivity contribution in [3.63, 3.8) is 0 Å². The van der Waals surface area contributed by atoms with Gasteiger partial charge in [0.05, 0.1) is 5.02 Å². The van der Waals surface area contributed by atoms with E-state index >= 15 is 0 Å². The third kappa shape index (κ3) is 3.23. The lowest BCUT2D eigenvalue weighted by molar-refractivity contribution is 0.0586. The lowest BCUT2D eigenvalue weighted by Gasteiger charge is -2.50. The van der Waals surface area contributed by atoms with Crippen molar-refractivity contribution in [3.8, 4) is 11.5 Å². The Balaban J connectivity index is 1.69. The lowest BCUT2D eigenvalue weighted by Crippen LogP contribution is -2.64. The Morgan fingerprint density at radius 2 is 2.04 bits per heavy atom. The van der Waals surface area contributed by atoms with Crippen LogP contribution in [0, 0.1) is 5.41 Å². The van der Waals surface area contributed by atoms with Crippen molar-refractivity contribution in [2.75, 3.05) is 0 Å². The number of carbonyl (C=O) groups excluding carboxylic acids is 1. The maximum absolute atomic E-state index is 12.4. The summed E-state index contributed by atoms with van der Waals surface area (Å²) >= 11 is 6.25. The molecule has 1 aromatic heterocycles. The number of aromatic nitrogens is 1. The molecule has 0 bridgehead atoms. The highest BCUT2D eigenvalue weighted by atomic mass is 35.5. The van der Waals surface area contributed by atoms with E-state index in [0.29, 0.717) is 22.1 Å². The van der Waals surface area contributed by atoms with Crippen LogP contribution in [0.15, 0.2) is 42.7 Å². The molecule has 1 fully saturated rings. The molecule has 3 N–H and O–H groups in total. The average Bonchev–Trinajstić information content (AvgIpc) is 2.57. The second kappa shape index (κ2) is 6.42. The molecule has 126 valence electrons. The van der Waals surface area contributed by atoms with Crippen molar-refractivity contribution in [1.29, 1.82) is 0 Å². The smallest absolute Gasteiger partial charge is 0.251 e. The fourth-order valence-electron chi connectivity index (χ4n) is 2.70. The molecule has 24 heavy (non-hydrogen) atoms. The van der Waals surface area contributed by atoms with Gasteiger partial charge in [0.2, 0.25) is 0 Å². The maximum atomic E-state index is 12.4. The zero-order valence-corrected chi connectivity index (χ0v) is 14.4. The van der Waals surface area contributed by atoms with E-state index in [1.807, 2.05) is 0 Å². The summed E-state index contributed by atoms with van der Waals surface area (Å²) < 4.78 is 5.68. The van der Waals surface area contributed by atoms with Gasteiger partial charge in [-0.2, -0.15) is 0 Å². The number of rotatable bonds is 4. The molecule has 2 unspecified atom stereocenters. The van der Waals surface area contributed by atoms with Crippen LogP contribution in [-0.4, -0.2) is 23.0 Å². The first-order chi connectivity index (χ1) is 11.4. The number of hydrogen-bond donors (Lipinski definition) is 2. The summed E-state index contributed by atoms with van der Waals surface area (Å²) in [7, 11) is 0. The molecule has 1 saturated carbocycles. The normalized spacial score (nSPS) is 21.7. The minimum Gasteiger partial charge on any atom is -0.456 e. The van der Waals surface area contributed by atoms with Gasteiger partial charge in [0.15, 0.2) is 0 Å². The van der Waals surface area contributed by atoms with E-state index in [9.17, 15) is 4.79 Å². The van der Waals surface area contributed by atoms with Gasteiger partial charge in [-0.25, -0.2) is 0 Å². The van der Waals surface area contributed by atoms with E-state index in [1.54, 1.807) is 42.7 Å². The predicted octanol–water partition coefficient (Wildman–Crippen LogP) is 3.38. The quantitative estimate of drug-likeness (QED) is 0.890. The summed E-state index contributed by atoms with van der Waals surface area (Å²) in [5.41, 5.74) is 6.39. The Hall–Kier alpha value is -2.11. The fourth-order valence-corrected chi connectivity index (χ4v) is 2.92. The summed E-state index contributed by atoms with van der Waals surface area (Å²) in [6, 6.07) is 8.66. The minimum atomic E-state index is -0.155. The van der Waals surface area contributed by atoms with Gasteiger partial charge in [0.25, 0.3) is 5.91 Å². The van der Waals surface area contributed by atoms with Crippen LogP contribution < -0.4 is 15.8 Å². The molecule has 0 spiro atoms. The Kier molecular flexibility index (Phi) is 4.47. The number of amides is 1. The number of ether oxygens (including phenoxy) is 1. The first-order valence-electron chi connectivity index (χ1n) is 7.82. The predicted molar refractivity (Wildman–Crippen MR) is 93.4 cm³/mol. The molecule has 1 heterocycles. The van der Waals surface area contributed by atoms with Crippen LogP contribution >= 0.6 is 11.6 Å². The summed E-state index contributed by atoms with van der Waals surface area (Å²) in [5, 5.41) is 3.40. The van der Waals surface area contributed by atoms with Crippen molar-refractivity contribution in [2.24, 2.45) is 11.1 Å². The van der Waals surface area contributed by atoms with E-state index in [1.165, 1.54) is 0 Å². The lowest BCUT2D eigenvalue weighted by atomic mass is 9.63. The van der Waals surface area contributed by atoms with Gasteiger partial charge in [-0.1, -0.05) is 25.4 Å². The standard InChI is InChI=1S/C18H20ClN3O2/c1-18(2)15(20)10-16(18)22-17(23)11-3-4-14(13(19)9-11)24-12-5-7-21-8-6-12/h3-9,15-16H,10,20H2,1-2H3,(H,22,23). The van der Waals surface area contributed by atoms with E-state index in [2.05, 4.69) is 24.1 Å². The molecule has 2 aromatic rings. The van der Waals surface area contributed by atoms with Gasteiger partial charge < -0.3 is 15.8 Å². The third-order valence-electron chi connectivity index (χ3n) is 4.72. The molecule has 2 atom stereocenters. The van der Waals surface area contributed by atoms with Crippen molar-refractivity contribution >= 4 is 17.5 Å². The molecule has 1 aliphatic rings. The van der Waals surface area contributed by atoms with Crippen LogP contribution in [-0.2, 0) is 0 Å². The zero-order valence-electron chi connectivity index (χ0n) is 13.6. The summed E-state index contributed by atoms with van der Waals surface area (Å²) in [4.78, 5) is 16.3. The molecule has 6 heteroatoms. The summed E-state index contributed by atoms with van der Waals surface area (Å²) in [6.45, 7) is 4.12. The second-order valence-corrected chi connectivity index (χ2v) is 7.03. The highest BCUT2D eigenvalue weighted by Crippen LogP contribution is 2.39. The molecule has 1 amide bonds. The van der Waals surface area contributed by atoms with E-state index < -0.39 is 0 Å². The van der Waals surface area contributed by atoms with Gasteiger partial charge in [-0.15, -0.1) is 0 Å². The summed E-state index contributed by atoms with van der Waals surface area (Å²) in [5.74, 6) is 0.969. The third-order valence-corrected chi connectivity index (χ3v) is 5.02. The molecule has 0 radical (unpaired) electrons. The van der Waals surface area contributed by atoms with Crippen molar-refractivity contribution < 1.29 is 9.53 Å². The van der Waals surface area contributed by atoms with Crippen LogP contribution in [0.25, 0.3) is 0 Å². The Morgan fingerprint density at radius 3 is 2.62 bits per heavy atom. The van der Waals surface area contributed by atoms with Crippen molar-refractivity contribution in [2.45, 2.75) is 32.4 Å². The average molecular weight is 346 g/mol. The van der Waals surface area contributed by atoms with Crippen molar-refractivity contribution in [3.05, 3.63) is 53.3 Å². The summed E-state index contributed by atoms with van der Waals surface area (Å²) in [6.07, 6.45) is 4.06. The molecule has 0 aliphatic heterocycles. The van der Waals surface area contributed by atoms with Gasteiger partial charge in [-0.3, -0.25) is 9.78 Å². The molecule has 3 rings (SSSR count). The molecule has 0 saturated heterocycles. The first kappa shape index (κ1) is 16.7. The van der Waals surface area contributed by atoms with Crippen LogP contribution in [0.1, 0.15) is 30.6 Å². The number of halogens is 1. The number of benzene rings is 1. The van der Waals surface area contributed by atoms with Crippen LogP contribution in [0.4, 0.5) is 0 Å². The fraction of sp³-hybridized carbons (Fsp3) is 0.333. The topological polar surface area (TPSA) is 77.2 Å². The SMILES string of the molecule is CC1(C)C(N)CC1NC(=O)c1ccc(Oc2ccncc2)c(Cl)c1. The zero-order chi connectivity index (χ0) is 17.3. The second-order valence-electron chi connectivity index (χ2n) is 6.62. The van der Waals surface area contributed by atoms with Gasteiger partial charge >= 0.3 is 0 Å². The van der Waals surface area contributed by atoms with E-state index in [0.717, 1.165) is 6.42 Å². The highest BCUT2D eigenvalue weighted by Gasteiger charge is 2.46. The first-order valence-corrected chi connectivity index (χ1v) is 8.19. The Bertz CT molecular complexity index is 749. The number of pyridine rings is 1. The number of nitrogens with two attached hydrogens (primary N) is 1. The van der Waals surface area contributed by atoms with E-state index in [-0.39, 0.29) is 23.4 Å². The highest BCUT2D eigenvalue weighted by molar-refractivity contribution is 6.32. The molecule has 5 nitrogen and oxygen atoms in total. The van der Waals surface area contributed by atoms with Gasteiger partial charge in [0.1, 0.15) is 11.5 Å². The number of carbonyl (C=O) groups is 1. The minimum absolute atomic E-state index is 0.0755. The van der Waals surface area contributed by atoms with Gasteiger partial charge in [-0.05, 0) is 36.8 Å². The molecule has 1 aromatic carbocycles. The Morgan fingerprint density at radius 1 is 1.33 bits per heavy atom. The number of nitrogens with one attached hydrogen (secondary N) is 1. The van der Waals surface area contributed by atoms with E-state index in [4.69, 9.17) is 22.1 Å². The van der Waals surface area contributed by atoms with Crippen molar-refractivity contribution in [1.82, 2.24) is 10.3 Å². The van der Waals surface area contributed by atoms with Crippen LogP contribution in [0.3, 0.4) is 0 Å². The Labute approximate surface area is 146 Å². The molecule has 1 aliphatic carbocycles. The maximum Gasteiger partial charge on any atom is 0.251 e.